The molecule has 3 N–H and O–H groups in total. The van der Waals surface area contributed by atoms with Crippen molar-refractivity contribution in [1.82, 2.24) is 10.6 Å². The molecular formula is C27H32N2O6. The van der Waals surface area contributed by atoms with Crippen LogP contribution in [0.15, 0.2) is 48.5 Å². The van der Waals surface area contributed by atoms with E-state index >= 15 is 0 Å². The normalized spacial score (nSPS) is 18.9. The number of carbonyl (C=O) groups excluding carboxylic acids is 2. The summed E-state index contributed by atoms with van der Waals surface area (Å²) in [6.45, 7) is 1.51. The van der Waals surface area contributed by atoms with Crippen LogP contribution in [0.5, 0.6) is 0 Å². The van der Waals surface area contributed by atoms with Crippen LogP contribution in [0.25, 0.3) is 11.1 Å². The van der Waals surface area contributed by atoms with Crippen LogP contribution >= 0.6 is 0 Å². The van der Waals surface area contributed by atoms with Crippen molar-refractivity contribution in [3.63, 3.8) is 0 Å². The number of amides is 2. The molecule has 1 saturated heterocycles. The van der Waals surface area contributed by atoms with E-state index in [0.29, 0.717) is 32.4 Å². The van der Waals surface area contributed by atoms with Gasteiger partial charge in [-0.3, -0.25) is 9.59 Å². The van der Waals surface area contributed by atoms with Crippen molar-refractivity contribution in [2.24, 2.45) is 5.41 Å². The van der Waals surface area contributed by atoms with E-state index in [2.05, 4.69) is 34.9 Å². The van der Waals surface area contributed by atoms with Crippen LogP contribution in [0, 0.1) is 5.41 Å². The van der Waals surface area contributed by atoms with Gasteiger partial charge in [-0.1, -0.05) is 48.5 Å². The first-order chi connectivity index (χ1) is 17.0. The van der Waals surface area contributed by atoms with Gasteiger partial charge in [-0.2, -0.15) is 0 Å². The number of carboxylic acid groups (broad SMARTS) is 1. The minimum Gasteiger partial charge on any atom is -0.481 e. The van der Waals surface area contributed by atoms with E-state index in [1.807, 2.05) is 24.3 Å². The lowest BCUT2D eigenvalue weighted by Gasteiger charge is -2.35. The number of unbranched alkanes of at least 4 members (excludes halogenated alkanes) is 1. The molecule has 1 unspecified atom stereocenters. The number of hydrogen-bond acceptors (Lipinski definition) is 5. The summed E-state index contributed by atoms with van der Waals surface area (Å²) in [5.74, 6) is -1.07. The van der Waals surface area contributed by atoms with Crippen LogP contribution in [0.4, 0.5) is 4.79 Å². The Hall–Kier alpha value is -3.39. The van der Waals surface area contributed by atoms with Crippen LogP contribution in [-0.2, 0) is 19.1 Å². The standard InChI is InChI=1S/C27H32N2O6/c30-24(31)12-5-6-14-28-25(32)27(13-7-15-34-18-27)17-29-26(33)35-16-23-21-10-3-1-8-19(21)20-9-2-4-11-22(20)23/h1-4,8-11,23H,5-7,12-18H2,(H,28,32)(H,29,33)(H,30,31). The molecular weight excluding hydrogens is 448 g/mol. The van der Waals surface area contributed by atoms with Crippen molar-refractivity contribution >= 4 is 18.0 Å². The molecule has 0 bridgehead atoms. The molecule has 8 heteroatoms. The highest BCUT2D eigenvalue weighted by molar-refractivity contribution is 5.84. The third kappa shape index (κ3) is 5.82. The number of ether oxygens (including phenoxy) is 2. The van der Waals surface area contributed by atoms with Crippen molar-refractivity contribution in [2.75, 3.05) is 32.9 Å². The number of hydrogen-bond donors (Lipinski definition) is 3. The maximum absolute atomic E-state index is 13.0. The predicted octanol–water partition coefficient (Wildman–Crippen LogP) is 3.69. The molecule has 0 aromatic heterocycles. The van der Waals surface area contributed by atoms with Gasteiger partial charge >= 0.3 is 12.1 Å². The summed E-state index contributed by atoms with van der Waals surface area (Å²) in [6.07, 6.45) is 1.90. The quantitative estimate of drug-likeness (QED) is 0.447. The van der Waals surface area contributed by atoms with Crippen molar-refractivity contribution in [2.45, 2.75) is 38.0 Å². The Morgan fingerprint density at radius 2 is 1.69 bits per heavy atom. The molecule has 2 aromatic rings. The van der Waals surface area contributed by atoms with Gasteiger partial charge in [0.15, 0.2) is 0 Å². The zero-order valence-electron chi connectivity index (χ0n) is 19.8. The third-order valence-electron chi connectivity index (χ3n) is 6.82. The van der Waals surface area contributed by atoms with Crippen molar-refractivity contribution in [1.29, 1.82) is 0 Å². The summed E-state index contributed by atoms with van der Waals surface area (Å²) in [7, 11) is 0. The number of nitrogens with one attached hydrogen (secondary N) is 2. The highest BCUT2D eigenvalue weighted by atomic mass is 16.5. The highest BCUT2D eigenvalue weighted by Gasteiger charge is 2.41. The Bertz CT molecular complexity index is 1020. The van der Waals surface area contributed by atoms with Gasteiger partial charge in [-0.05, 0) is 47.9 Å². The van der Waals surface area contributed by atoms with Gasteiger partial charge in [0, 0.05) is 32.0 Å². The molecule has 2 aromatic carbocycles. The maximum Gasteiger partial charge on any atom is 0.407 e. The monoisotopic (exact) mass is 480 g/mol. The smallest absolute Gasteiger partial charge is 0.407 e. The summed E-state index contributed by atoms with van der Waals surface area (Å²) in [5, 5.41) is 14.4. The fourth-order valence-electron chi connectivity index (χ4n) is 4.93. The summed E-state index contributed by atoms with van der Waals surface area (Å²) < 4.78 is 11.2. The molecule has 8 nitrogen and oxygen atoms in total. The topological polar surface area (TPSA) is 114 Å². The number of fused-ring (bicyclic) bond motifs is 3. The Balaban J connectivity index is 1.32. The summed E-state index contributed by atoms with van der Waals surface area (Å²) >= 11 is 0. The lowest BCUT2D eigenvalue weighted by molar-refractivity contribution is -0.138. The minimum absolute atomic E-state index is 0.0331. The largest absolute Gasteiger partial charge is 0.481 e. The Kier molecular flexibility index (Phi) is 8.02. The van der Waals surface area contributed by atoms with E-state index in [-0.39, 0.29) is 38.0 Å². The van der Waals surface area contributed by atoms with Gasteiger partial charge < -0.3 is 25.2 Å². The number of carbonyl (C=O) groups is 3. The molecule has 1 aliphatic heterocycles. The number of rotatable bonds is 10. The zero-order chi connectivity index (χ0) is 24.7. The van der Waals surface area contributed by atoms with Gasteiger partial charge in [-0.15, -0.1) is 0 Å². The van der Waals surface area contributed by atoms with E-state index in [0.717, 1.165) is 28.7 Å². The second kappa shape index (κ2) is 11.4. The molecule has 1 fully saturated rings. The average molecular weight is 481 g/mol. The van der Waals surface area contributed by atoms with Crippen molar-refractivity contribution in [3.8, 4) is 11.1 Å². The maximum atomic E-state index is 13.0. The van der Waals surface area contributed by atoms with Gasteiger partial charge in [-0.25, -0.2) is 4.79 Å². The molecule has 35 heavy (non-hydrogen) atoms. The first-order valence-electron chi connectivity index (χ1n) is 12.2. The van der Waals surface area contributed by atoms with Gasteiger partial charge in [0.25, 0.3) is 0 Å². The van der Waals surface area contributed by atoms with Gasteiger partial charge in [0.05, 0.1) is 12.0 Å². The number of alkyl carbamates (subject to hydrolysis) is 1. The van der Waals surface area contributed by atoms with Gasteiger partial charge in [0.2, 0.25) is 5.91 Å². The average Bonchev–Trinajstić information content (AvgIpc) is 3.20. The molecule has 4 rings (SSSR count). The number of carboxylic acids is 1. The van der Waals surface area contributed by atoms with E-state index in [4.69, 9.17) is 14.6 Å². The van der Waals surface area contributed by atoms with Crippen LogP contribution in [0.3, 0.4) is 0 Å². The first-order valence-corrected chi connectivity index (χ1v) is 12.2. The first kappa shape index (κ1) is 24.7. The zero-order valence-corrected chi connectivity index (χ0v) is 19.8. The van der Waals surface area contributed by atoms with E-state index in [1.54, 1.807) is 0 Å². The molecule has 1 heterocycles. The summed E-state index contributed by atoms with van der Waals surface area (Å²) in [5.41, 5.74) is 3.74. The Morgan fingerprint density at radius 1 is 1.00 bits per heavy atom. The molecule has 0 saturated carbocycles. The molecule has 0 spiro atoms. The van der Waals surface area contributed by atoms with Crippen LogP contribution in [-0.4, -0.2) is 56.0 Å². The molecule has 1 aliphatic carbocycles. The Labute approximate surface area is 205 Å². The highest BCUT2D eigenvalue weighted by Crippen LogP contribution is 2.44. The molecule has 2 amide bonds. The molecule has 1 atom stereocenters. The van der Waals surface area contributed by atoms with Crippen LogP contribution in [0.1, 0.15) is 49.1 Å². The lowest BCUT2D eigenvalue weighted by Crippen LogP contribution is -2.53. The van der Waals surface area contributed by atoms with E-state index < -0.39 is 17.5 Å². The van der Waals surface area contributed by atoms with Gasteiger partial charge in [0.1, 0.15) is 6.61 Å². The second-order valence-electron chi connectivity index (χ2n) is 9.22. The number of aliphatic carboxylic acids is 1. The summed E-state index contributed by atoms with van der Waals surface area (Å²) in [6, 6.07) is 16.3. The fraction of sp³-hybridized carbons (Fsp3) is 0.444. The fourth-order valence-corrected chi connectivity index (χ4v) is 4.93. The number of benzene rings is 2. The van der Waals surface area contributed by atoms with Crippen LogP contribution in [0.2, 0.25) is 0 Å². The second-order valence-corrected chi connectivity index (χ2v) is 9.22. The SMILES string of the molecule is O=C(O)CCCCNC(=O)C1(CNC(=O)OCC2c3ccccc3-c3ccccc32)CCCOC1. The Morgan fingerprint density at radius 3 is 2.31 bits per heavy atom. The van der Waals surface area contributed by atoms with E-state index in [1.165, 1.54) is 0 Å². The lowest BCUT2D eigenvalue weighted by atomic mass is 9.81. The molecule has 0 radical (unpaired) electrons. The minimum atomic E-state index is -0.864. The van der Waals surface area contributed by atoms with E-state index in [9.17, 15) is 14.4 Å². The predicted molar refractivity (Wildman–Crippen MR) is 130 cm³/mol. The van der Waals surface area contributed by atoms with Crippen molar-refractivity contribution in [3.05, 3.63) is 59.7 Å². The molecule has 2 aliphatic rings. The summed E-state index contributed by atoms with van der Waals surface area (Å²) in [4.78, 5) is 36.3. The van der Waals surface area contributed by atoms with Crippen LogP contribution < -0.4 is 10.6 Å². The third-order valence-corrected chi connectivity index (χ3v) is 6.82. The van der Waals surface area contributed by atoms with Crippen molar-refractivity contribution < 1.29 is 29.0 Å². The molecule has 186 valence electrons.